The van der Waals surface area contributed by atoms with Crippen LogP contribution in [0.5, 0.6) is 0 Å². The SMILES string of the molecule is CCOC(=O)CCC(C(=O)OC)c1ccccc1. The highest BCUT2D eigenvalue weighted by Gasteiger charge is 2.22. The van der Waals surface area contributed by atoms with Crippen molar-refractivity contribution in [3.63, 3.8) is 0 Å². The lowest BCUT2D eigenvalue weighted by Gasteiger charge is -2.14. The predicted octanol–water partition coefficient (Wildman–Crippen LogP) is 2.29. The summed E-state index contributed by atoms with van der Waals surface area (Å²) in [6.07, 6.45) is 0.609. The van der Waals surface area contributed by atoms with Crippen molar-refractivity contribution < 1.29 is 19.1 Å². The zero-order chi connectivity index (χ0) is 13.4. The van der Waals surface area contributed by atoms with E-state index in [1.54, 1.807) is 6.92 Å². The van der Waals surface area contributed by atoms with Gasteiger partial charge in [0, 0.05) is 6.42 Å². The van der Waals surface area contributed by atoms with Crippen molar-refractivity contribution in [2.75, 3.05) is 13.7 Å². The van der Waals surface area contributed by atoms with Crippen LogP contribution in [-0.4, -0.2) is 25.7 Å². The summed E-state index contributed by atoms with van der Waals surface area (Å²) in [6, 6.07) is 9.30. The lowest BCUT2D eigenvalue weighted by molar-refractivity contribution is -0.145. The van der Waals surface area contributed by atoms with Gasteiger partial charge in [-0.1, -0.05) is 30.3 Å². The number of hydrogen-bond donors (Lipinski definition) is 0. The van der Waals surface area contributed by atoms with E-state index in [9.17, 15) is 9.59 Å². The number of hydrogen-bond acceptors (Lipinski definition) is 4. The van der Waals surface area contributed by atoms with Gasteiger partial charge in [0.05, 0.1) is 19.6 Å². The predicted molar refractivity (Wildman–Crippen MR) is 67.1 cm³/mol. The summed E-state index contributed by atoms with van der Waals surface area (Å²) in [5.74, 6) is -1.03. The number of ether oxygens (including phenoxy) is 2. The third kappa shape index (κ3) is 4.20. The zero-order valence-electron chi connectivity index (χ0n) is 10.7. The summed E-state index contributed by atoms with van der Waals surface area (Å²) in [7, 11) is 1.35. The Bertz CT molecular complexity index is 386. The third-order valence-corrected chi connectivity index (χ3v) is 2.63. The Hall–Kier alpha value is -1.84. The third-order valence-electron chi connectivity index (χ3n) is 2.63. The molecular formula is C14H18O4. The molecule has 4 heteroatoms. The van der Waals surface area contributed by atoms with Crippen LogP contribution in [0.25, 0.3) is 0 Å². The maximum atomic E-state index is 11.7. The van der Waals surface area contributed by atoms with Gasteiger partial charge in [-0.3, -0.25) is 9.59 Å². The largest absolute Gasteiger partial charge is 0.469 e. The molecule has 0 aromatic heterocycles. The maximum absolute atomic E-state index is 11.7. The number of methoxy groups -OCH3 is 1. The maximum Gasteiger partial charge on any atom is 0.313 e. The molecule has 0 bridgehead atoms. The molecule has 0 fully saturated rings. The summed E-state index contributed by atoms with van der Waals surface area (Å²) < 4.78 is 9.62. The second kappa shape index (κ2) is 7.48. The molecule has 0 aliphatic carbocycles. The average Bonchev–Trinajstić information content (AvgIpc) is 2.40. The fourth-order valence-electron chi connectivity index (χ4n) is 1.74. The fraction of sp³-hybridized carbons (Fsp3) is 0.429. The molecule has 0 saturated carbocycles. The van der Waals surface area contributed by atoms with Gasteiger partial charge >= 0.3 is 11.9 Å². The molecule has 0 heterocycles. The smallest absolute Gasteiger partial charge is 0.313 e. The van der Waals surface area contributed by atoms with Gasteiger partial charge in [0.25, 0.3) is 0 Å². The molecule has 4 nitrogen and oxygen atoms in total. The molecule has 1 unspecified atom stereocenters. The van der Waals surface area contributed by atoms with Crippen molar-refractivity contribution in [1.82, 2.24) is 0 Å². The van der Waals surface area contributed by atoms with Gasteiger partial charge in [0.15, 0.2) is 0 Å². The molecule has 0 N–H and O–H groups in total. The molecule has 18 heavy (non-hydrogen) atoms. The van der Waals surface area contributed by atoms with E-state index in [-0.39, 0.29) is 18.4 Å². The molecule has 1 rings (SSSR count). The molecule has 0 spiro atoms. The first-order valence-electron chi connectivity index (χ1n) is 5.97. The van der Waals surface area contributed by atoms with E-state index >= 15 is 0 Å². The number of benzene rings is 1. The molecule has 0 saturated heterocycles. The summed E-state index contributed by atoms with van der Waals surface area (Å²) >= 11 is 0. The average molecular weight is 250 g/mol. The first kappa shape index (κ1) is 14.2. The molecule has 0 aliphatic rings. The topological polar surface area (TPSA) is 52.6 Å². The van der Waals surface area contributed by atoms with Crippen LogP contribution in [0.3, 0.4) is 0 Å². The van der Waals surface area contributed by atoms with Gasteiger partial charge in [-0.25, -0.2) is 0 Å². The molecule has 1 aromatic carbocycles. The Balaban J connectivity index is 2.69. The van der Waals surface area contributed by atoms with E-state index in [0.717, 1.165) is 5.56 Å². The van der Waals surface area contributed by atoms with Crippen LogP contribution in [0.1, 0.15) is 31.2 Å². The van der Waals surface area contributed by atoms with Crippen LogP contribution in [0.15, 0.2) is 30.3 Å². The summed E-state index contributed by atoms with van der Waals surface area (Å²) in [4.78, 5) is 23.0. The van der Waals surface area contributed by atoms with Crippen molar-refractivity contribution in [1.29, 1.82) is 0 Å². The van der Waals surface area contributed by atoms with E-state index in [1.165, 1.54) is 7.11 Å². The summed E-state index contributed by atoms with van der Waals surface area (Å²) in [5, 5.41) is 0. The normalized spacial score (nSPS) is 11.7. The number of carbonyl (C=O) groups is 2. The molecule has 0 amide bonds. The van der Waals surface area contributed by atoms with Gasteiger partial charge < -0.3 is 9.47 Å². The van der Waals surface area contributed by atoms with Gasteiger partial charge in [-0.05, 0) is 18.9 Å². The number of esters is 2. The lowest BCUT2D eigenvalue weighted by atomic mass is 9.94. The number of rotatable bonds is 6. The van der Waals surface area contributed by atoms with Crippen molar-refractivity contribution in [3.05, 3.63) is 35.9 Å². The van der Waals surface area contributed by atoms with E-state index in [4.69, 9.17) is 9.47 Å². The van der Waals surface area contributed by atoms with Crippen molar-refractivity contribution in [2.24, 2.45) is 0 Å². The molecule has 0 aliphatic heterocycles. The summed E-state index contributed by atoms with van der Waals surface area (Å²) in [5.41, 5.74) is 0.855. The van der Waals surface area contributed by atoms with Gasteiger partial charge in [-0.2, -0.15) is 0 Å². The molecule has 1 aromatic rings. The standard InChI is InChI=1S/C14H18O4/c1-3-18-13(15)10-9-12(14(16)17-2)11-7-5-4-6-8-11/h4-8,12H,3,9-10H2,1-2H3. The van der Waals surface area contributed by atoms with E-state index in [1.807, 2.05) is 30.3 Å². The van der Waals surface area contributed by atoms with Crippen LogP contribution in [-0.2, 0) is 19.1 Å². The molecule has 1 atom stereocenters. The Morgan fingerprint density at radius 1 is 1.22 bits per heavy atom. The lowest BCUT2D eigenvalue weighted by Crippen LogP contribution is -2.16. The minimum atomic E-state index is -0.416. The van der Waals surface area contributed by atoms with Gasteiger partial charge in [0.2, 0.25) is 0 Å². The first-order valence-corrected chi connectivity index (χ1v) is 5.97. The van der Waals surface area contributed by atoms with E-state index in [0.29, 0.717) is 13.0 Å². The highest BCUT2D eigenvalue weighted by atomic mass is 16.5. The van der Waals surface area contributed by atoms with Crippen LogP contribution < -0.4 is 0 Å². The Kier molecular flexibility index (Phi) is 5.91. The van der Waals surface area contributed by atoms with Crippen LogP contribution in [0.2, 0.25) is 0 Å². The van der Waals surface area contributed by atoms with Crippen molar-refractivity contribution in [2.45, 2.75) is 25.7 Å². The van der Waals surface area contributed by atoms with E-state index < -0.39 is 5.92 Å². The second-order valence-corrected chi connectivity index (χ2v) is 3.83. The minimum absolute atomic E-state index is 0.211. The Labute approximate surface area is 107 Å². The highest BCUT2D eigenvalue weighted by molar-refractivity contribution is 5.79. The minimum Gasteiger partial charge on any atom is -0.469 e. The highest BCUT2D eigenvalue weighted by Crippen LogP contribution is 2.22. The van der Waals surface area contributed by atoms with Crippen LogP contribution >= 0.6 is 0 Å². The van der Waals surface area contributed by atoms with Crippen molar-refractivity contribution >= 4 is 11.9 Å². The monoisotopic (exact) mass is 250 g/mol. The van der Waals surface area contributed by atoms with Crippen molar-refractivity contribution in [3.8, 4) is 0 Å². The molecule has 0 radical (unpaired) electrons. The van der Waals surface area contributed by atoms with E-state index in [2.05, 4.69) is 0 Å². The summed E-state index contributed by atoms with van der Waals surface area (Å²) in [6.45, 7) is 2.11. The first-order chi connectivity index (χ1) is 8.69. The van der Waals surface area contributed by atoms with Crippen LogP contribution in [0.4, 0.5) is 0 Å². The van der Waals surface area contributed by atoms with Gasteiger partial charge in [-0.15, -0.1) is 0 Å². The molecule has 98 valence electrons. The number of carbonyl (C=O) groups excluding carboxylic acids is 2. The zero-order valence-corrected chi connectivity index (χ0v) is 10.7. The molecular weight excluding hydrogens is 232 g/mol. The van der Waals surface area contributed by atoms with Gasteiger partial charge in [0.1, 0.15) is 0 Å². The second-order valence-electron chi connectivity index (χ2n) is 3.83. The Morgan fingerprint density at radius 2 is 1.89 bits per heavy atom. The fourth-order valence-corrected chi connectivity index (χ4v) is 1.74. The quantitative estimate of drug-likeness (QED) is 0.727. The van der Waals surface area contributed by atoms with Crippen LogP contribution in [0, 0.1) is 0 Å². The Morgan fingerprint density at radius 3 is 2.44 bits per heavy atom.